The van der Waals surface area contributed by atoms with Crippen LogP contribution in [0.2, 0.25) is 5.02 Å². The number of para-hydroxylation sites is 1. The molecule has 3 N–H and O–H groups in total. The van der Waals surface area contributed by atoms with Crippen LogP contribution < -0.4 is 25.8 Å². The predicted octanol–water partition coefficient (Wildman–Crippen LogP) is 4.68. The number of anilines is 5. The number of nitrogens with zero attached hydrogens (tertiary/aromatic N) is 7. The number of fused-ring (bicyclic) bond motifs is 1. The van der Waals surface area contributed by atoms with Gasteiger partial charge in [-0.25, -0.2) is 15.0 Å². The largest absolute Gasteiger partial charge is 0.370 e. The molecule has 1 spiro atoms. The molecular formula is C40H43ClN10O5S. The molecule has 5 heterocycles. The number of nitrogens with one attached hydrogen (secondary N) is 3. The lowest BCUT2D eigenvalue weighted by molar-refractivity contribution is -0.124. The minimum absolute atomic E-state index is 0.0658. The highest BCUT2D eigenvalue weighted by atomic mass is 35.5. The Morgan fingerprint density at radius 1 is 1.00 bits per heavy atom. The van der Waals surface area contributed by atoms with Crippen molar-refractivity contribution < 1.29 is 24.0 Å². The number of thiazole rings is 1. The zero-order valence-corrected chi connectivity index (χ0v) is 33.5. The van der Waals surface area contributed by atoms with E-state index in [1.807, 2.05) is 38.1 Å². The summed E-state index contributed by atoms with van der Waals surface area (Å²) in [4.78, 5) is 85.4. The van der Waals surface area contributed by atoms with Crippen molar-refractivity contribution >= 4 is 81.0 Å². The summed E-state index contributed by atoms with van der Waals surface area (Å²) in [6.07, 6.45) is 4.58. The third-order valence-corrected chi connectivity index (χ3v) is 12.7. The average Bonchev–Trinajstić information content (AvgIpc) is 3.73. The summed E-state index contributed by atoms with van der Waals surface area (Å²) in [5.41, 5.74) is 3.16. The first-order valence-corrected chi connectivity index (χ1v) is 20.2. The van der Waals surface area contributed by atoms with Gasteiger partial charge in [-0.2, -0.15) is 0 Å². The fourth-order valence-corrected chi connectivity index (χ4v) is 9.49. The molecule has 4 aromatic rings. The molecule has 15 nitrogen and oxygen atoms in total. The molecule has 1 atom stereocenters. The van der Waals surface area contributed by atoms with E-state index < -0.39 is 23.8 Å². The predicted molar refractivity (Wildman–Crippen MR) is 218 cm³/mol. The molecule has 1 unspecified atom stereocenters. The molecule has 4 aliphatic rings. The van der Waals surface area contributed by atoms with E-state index in [9.17, 15) is 24.0 Å². The Morgan fingerprint density at radius 3 is 2.47 bits per heavy atom. The summed E-state index contributed by atoms with van der Waals surface area (Å²) in [7, 11) is 1.45. The van der Waals surface area contributed by atoms with Gasteiger partial charge >= 0.3 is 0 Å². The standard InChI is InChI=1S/C40H43ClN10O5S/c1-23-6-4-7-29(41)34(23)47-36(54)31-20-43-39(57-31)46-32-17-33(45-24(2)44-32)49-13-11-48(12-14-49)26-18-40(19-26)21-50(22-40)25-9-10-27-28(16-25)38(56)51(37(27)55)30(8-5-15-52)35(53)42-3/h4,6-7,9-10,15-17,20,26,30H,5,8,11-14,18-19,21-22H2,1-3H3,(H,42,53)(H,47,54)(H,43,44,45,46). The van der Waals surface area contributed by atoms with Crippen LogP contribution in [0.1, 0.15) is 67.5 Å². The van der Waals surface area contributed by atoms with E-state index in [1.165, 1.54) is 24.6 Å². The lowest BCUT2D eigenvalue weighted by Gasteiger charge is -2.62. The van der Waals surface area contributed by atoms with Crippen molar-refractivity contribution in [3.8, 4) is 0 Å². The van der Waals surface area contributed by atoms with Crippen molar-refractivity contribution in [3.05, 3.63) is 81.1 Å². The van der Waals surface area contributed by atoms with Crippen molar-refractivity contribution in [2.24, 2.45) is 5.41 Å². The second kappa shape index (κ2) is 15.5. The normalized spacial score (nSPS) is 18.2. The Balaban J connectivity index is 0.824. The number of aldehydes is 1. The van der Waals surface area contributed by atoms with E-state index in [0.717, 1.165) is 74.1 Å². The number of likely N-dealkylation sites (N-methyl/N-ethyl adjacent to an activating group) is 1. The second-order valence-corrected chi connectivity index (χ2v) is 16.7. The number of carbonyl (C=O) groups excluding carboxylic acids is 5. The Kier molecular flexibility index (Phi) is 10.4. The fraction of sp³-hybridized carbons (Fsp3) is 0.400. The molecule has 17 heteroatoms. The van der Waals surface area contributed by atoms with Crippen molar-refractivity contribution in [3.63, 3.8) is 0 Å². The Hall–Kier alpha value is -5.45. The zero-order valence-electron chi connectivity index (χ0n) is 31.9. The first-order valence-electron chi connectivity index (χ1n) is 19.0. The lowest BCUT2D eigenvalue weighted by Crippen LogP contribution is -2.68. The number of amides is 4. The highest BCUT2D eigenvalue weighted by molar-refractivity contribution is 7.17. The minimum Gasteiger partial charge on any atom is -0.370 e. The number of hydrogen-bond donors (Lipinski definition) is 3. The third-order valence-electron chi connectivity index (χ3n) is 11.5. The number of halogens is 1. The molecule has 296 valence electrons. The van der Waals surface area contributed by atoms with Crippen LogP contribution in [0.5, 0.6) is 0 Å². The minimum atomic E-state index is -1.03. The van der Waals surface area contributed by atoms with Crippen LogP contribution >= 0.6 is 22.9 Å². The molecule has 2 aromatic heterocycles. The van der Waals surface area contributed by atoms with Crippen molar-refractivity contribution in [2.75, 3.05) is 66.7 Å². The summed E-state index contributed by atoms with van der Waals surface area (Å²) in [6, 6.07) is 12.2. The highest BCUT2D eigenvalue weighted by Gasteiger charge is 2.54. The average molecular weight is 811 g/mol. The van der Waals surface area contributed by atoms with E-state index in [4.69, 9.17) is 16.6 Å². The molecule has 0 radical (unpaired) electrons. The second-order valence-electron chi connectivity index (χ2n) is 15.2. The first kappa shape index (κ1) is 38.4. The molecule has 8 rings (SSSR count). The molecular weight excluding hydrogens is 768 g/mol. The van der Waals surface area contributed by atoms with Gasteiger partial charge in [0.15, 0.2) is 5.13 Å². The Bertz CT molecular complexity index is 2240. The summed E-state index contributed by atoms with van der Waals surface area (Å²) in [6.45, 7) is 9.05. The van der Waals surface area contributed by atoms with E-state index in [0.29, 0.717) is 50.3 Å². The number of hydrogen-bond acceptors (Lipinski definition) is 13. The number of rotatable bonds is 12. The third kappa shape index (κ3) is 7.44. The summed E-state index contributed by atoms with van der Waals surface area (Å²) in [5, 5.41) is 9.68. The van der Waals surface area contributed by atoms with Crippen molar-refractivity contribution in [1.29, 1.82) is 0 Å². The fourth-order valence-electron chi connectivity index (χ4n) is 8.51. The van der Waals surface area contributed by atoms with Crippen LogP contribution in [-0.4, -0.2) is 113 Å². The van der Waals surface area contributed by atoms with Gasteiger partial charge in [0.1, 0.15) is 34.7 Å². The van der Waals surface area contributed by atoms with Crippen LogP contribution in [0.3, 0.4) is 0 Å². The maximum Gasteiger partial charge on any atom is 0.267 e. The SMILES string of the molecule is CNC(=O)C(CCC=O)N1C(=O)c2ccc(N3CC4(CC(N5CCN(c6cc(Nc7ncc(C(=O)Nc8c(C)cccc8Cl)s7)nc(C)n6)CC5)C4)C3)cc2C1=O. The molecule has 57 heavy (non-hydrogen) atoms. The zero-order chi connectivity index (χ0) is 40.0. The maximum absolute atomic E-state index is 13.4. The molecule has 3 aliphatic heterocycles. The van der Waals surface area contributed by atoms with Crippen LogP contribution in [0.15, 0.2) is 48.7 Å². The smallest absolute Gasteiger partial charge is 0.267 e. The molecule has 1 saturated carbocycles. The van der Waals surface area contributed by atoms with E-state index >= 15 is 0 Å². The number of aryl methyl sites for hydroxylation is 2. The summed E-state index contributed by atoms with van der Waals surface area (Å²) >= 11 is 7.53. The van der Waals surface area contributed by atoms with E-state index in [-0.39, 0.29) is 29.7 Å². The number of piperazine rings is 1. The van der Waals surface area contributed by atoms with Gasteiger partial charge < -0.3 is 30.5 Å². The number of benzene rings is 2. The van der Waals surface area contributed by atoms with Gasteiger partial charge in [0.05, 0.1) is 28.0 Å². The monoisotopic (exact) mass is 810 g/mol. The summed E-state index contributed by atoms with van der Waals surface area (Å²) in [5.74, 6) is 0.324. The molecule has 2 saturated heterocycles. The Labute approximate surface area is 338 Å². The molecule has 4 amide bonds. The highest BCUT2D eigenvalue weighted by Crippen LogP contribution is 2.52. The van der Waals surface area contributed by atoms with Crippen LogP contribution in [-0.2, 0) is 9.59 Å². The lowest BCUT2D eigenvalue weighted by atomic mass is 9.60. The van der Waals surface area contributed by atoms with Crippen molar-refractivity contribution in [2.45, 2.75) is 51.6 Å². The quantitative estimate of drug-likeness (QED) is 0.134. The molecule has 3 fully saturated rings. The van der Waals surface area contributed by atoms with Gasteiger partial charge in [-0.05, 0) is 62.9 Å². The first-order chi connectivity index (χ1) is 27.5. The molecule has 2 aromatic carbocycles. The number of imide groups is 1. The van der Waals surface area contributed by atoms with Crippen molar-refractivity contribution in [1.82, 2.24) is 30.1 Å². The molecule has 1 aliphatic carbocycles. The Morgan fingerprint density at radius 2 is 1.75 bits per heavy atom. The van der Waals surface area contributed by atoms with Crippen LogP contribution in [0, 0.1) is 19.3 Å². The summed E-state index contributed by atoms with van der Waals surface area (Å²) < 4.78 is 0. The van der Waals surface area contributed by atoms with Gasteiger partial charge in [0, 0.05) is 75.9 Å². The van der Waals surface area contributed by atoms with E-state index in [2.05, 4.69) is 40.6 Å². The van der Waals surface area contributed by atoms with Gasteiger partial charge in [-0.15, -0.1) is 0 Å². The van der Waals surface area contributed by atoms with Gasteiger partial charge in [0.2, 0.25) is 5.91 Å². The van der Waals surface area contributed by atoms with Crippen LogP contribution in [0.4, 0.5) is 28.1 Å². The van der Waals surface area contributed by atoms with Gasteiger partial charge in [-0.3, -0.25) is 29.0 Å². The van der Waals surface area contributed by atoms with E-state index in [1.54, 1.807) is 18.2 Å². The topological polar surface area (TPSA) is 173 Å². The van der Waals surface area contributed by atoms with Gasteiger partial charge in [-0.1, -0.05) is 35.1 Å². The number of carbonyl (C=O) groups is 5. The molecule has 0 bridgehead atoms. The van der Waals surface area contributed by atoms with Gasteiger partial charge in [0.25, 0.3) is 17.7 Å². The maximum atomic E-state index is 13.4. The number of aromatic nitrogens is 3. The van der Waals surface area contributed by atoms with Crippen LogP contribution in [0.25, 0.3) is 0 Å².